The van der Waals surface area contributed by atoms with Crippen molar-refractivity contribution in [3.63, 3.8) is 0 Å². The number of hydrogen-bond donors (Lipinski definition) is 1. The van der Waals surface area contributed by atoms with Gasteiger partial charge in [0.1, 0.15) is 17.6 Å². The molecule has 0 fully saturated rings. The summed E-state index contributed by atoms with van der Waals surface area (Å²) in [6, 6.07) is 3.90. The average Bonchev–Trinajstić information content (AvgIpc) is 2.81. The summed E-state index contributed by atoms with van der Waals surface area (Å²) < 4.78 is 20.0. The predicted octanol–water partition coefficient (Wildman–Crippen LogP) is 3.18. The van der Waals surface area contributed by atoms with Crippen LogP contribution in [0.4, 0.5) is 4.39 Å². The number of halogens is 2. The molecule has 1 heterocycles. The van der Waals surface area contributed by atoms with E-state index in [9.17, 15) is 9.50 Å². The number of aliphatic hydroxyl groups excluding tert-OH is 1. The third kappa shape index (κ3) is 2.78. The molecule has 0 saturated heterocycles. The van der Waals surface area contributed by atoms with Crippen LogP contribution in [0.5, 0.6) is 5.75 Å². The van der Waals surface area contributed by atoms with Crippen molar-refractivity contribution in [1.29, 1.82) is 0 Å². The molecule has 0 aliphatic rings. The monoisotopic (exact) mass is 298 g/mol. The lowest BCUT2D eigenvalue weighted by atomic mass is 10.1. The van der Waals surface area contributed by atoms with E-state index in [1.165, 1.54) is 25.3 Å². The van der Waals surface area contributed by atoms with Crippen LogP contribution in [0.25, 0.3) is 0 Å². The van der Waals surface area contributed by atoms with Gasteiger partial charge < -0.3 is 9.84 Å². The largest absolute Gasteiger partial charge is 0.493 e. The first-order valence-electron chi connectivity index (χ1n) is 6.31. The van der Waals surface area contributed by atoms with Crippen LogP contribution in [0.2, 0.25) is 5.02 Å². The van der Waals surface area contributed by atoms with E-state index in [4.69, 9.17) is 16.3 Å². The minimum atomic E-state index is -1.02. The summed E-state index contributed by atoms with van der Waals surface area (Å²) in [6.45, 7) is 2.66. The van der Waals surface area contributed by atoms with Crippen LogP contribution in [0.1, 0.15) is 30.7 Å². The van der Waals surface area contributed by atoms with Crippen LogP contribution in [0, 0.1) is 5.82 Å². The highest BCUT2D eigenvalue weighted by Gasteiger charge is 2.23. The molecular weight excluding hydrogens is 283 g/mol. The number of benzene rings is 1. The molecule has 4 nitrogen and oxygen atoms in total. The number of aryl methyl sites for hydroxylation is 1. The number of methoxy groups -OCH3 is 1. The quantitative estimate of drug-likeness (QED) is 0.922. The maximum absolute atomic E-state index is 13.1. The molecule has 0 spiro atoms. The normalized spacial score (nSPS) is 12.4. The van der Waals surface area contributed by atoms with Gasteiger partial charge in [0.25, 0.3) is 0 Å². The molecule has 0 amide bonds. The summed E-state index contributed by atoms with van der Waals surface area (Å²) in [5, 5.41) is 14.9. The van der Waals surface area contributed by atoms with Crippen molar-refractivity contribution in [2.24, 2.45) is 0 Å². The van der Waals surface area contributed by atoms with E-state index in [-0.39, 0.29) is 5.02 Å². The van der Waals surface area contributed by atoms with Crippen LogP contribution < -0.4 is 4.74 Å². The van der Waals surface area contributed by atoms with E-state index in [1.807, 2.05) is 6.92 Å². The molecular formula is C14H16ClFN2O2. The smallest absolute Gasteiger partial charge is 0.163 e. The van der Waals surface area contributed by atoms with Crippen molar-refractivity contribution in [2.75, 3.05) is 7.11 Å². The maximum Gasteiger partial charge on any atom is 0.163 e. The van der Waals surface area contributed by atoms with E-state index in [0.29, 0.717) is 23.6 Å². The Bertz CT molecular complexity index is 601. The molecule has 20 heavy (non-hydrogen) atoms. The third-order valence-corrected chi connectivity index (χ3v) is 3.34. The third-order valence-electron chi connectivity index (χ3n) is 3.02. The van der Waals surface area contributed by atoms with E-state index < -0.39 is 11.9 Å². The Kier molecular flexibility index (Phi) is 4.62. The number of hydrogen-bond acceptors (Lipinski definition) is 3. The molecule has 0 aliphatic carbocycles. The zero-order chi connectivity index (χ0) is 14.7. The van der Waals surface area contributed by atoms with Crippen molar-refractivity contribution in [3.05, 3.63) is 46.5 Å². The SMILES string of the molecule is CCCn1ncc(OC)c1C(O)c1ccc(F)cc1Cl. The predicted molar refractivity (Wildman–Crippen MR) is 74.5 cm³/mol. The Balaban J connectivity index is 2.46. The van der Waals surface area contributed by atoms with Gasteiger partial charge in [-0.25, -0.2) is 4.39 Å². The summed E-state index contributed by atoms with van der Waals surface area (Å²) in [7, 11) is 1.51. The lowest BCUT2D eigenvalue weighted by Crippen LogP contribution is -2.11. The molecule has 1 atom stereocenters. The second kappa shape index (κ2) is 6.24. The molecule has 0 bridgehead atoms. The second-order valence-electron chi connectivity index (χ2n) is 4.39. The Morgan fingerprint density at radius 1 is 1.50 bits per heavy atom. The highest BCUT2D eigenvalue weighted by molar-refractivity contribution is 6.31. The van der Waals surface area contributed by atoms with Crippen LogP contribution in [-0.2, 0) is 6.54 Å². The van der Waals surface area contributed by atoms with Crippen molar-refractivity contribution in [3.8, 4) is 5.75 Å². The highest BCUT2D eigenvalue weighted by atomic mass is 35.5. The van der Waals surface area contributed by atoms with Gasteiger partial charge >= 0.3 is 0 Å². The first-order chi connectivity index (χ1) is 9.58. The molecule has 1 unspecified atom stereocenters. The summed E-state index contributed by atoms with van der Waals surface area (Å²) >= 11 is 6.00. The van der Waals surface area contributed by atoms with Gasteiger partial charge in [-0.1, -0.05) is 24.6 Å². The molecule has 2 rings (SSSR count). The van der Waals surface area contributed by atoms with Gasteiger partial charge in [0, 0.05) is 17.1 Å². The summed E-state index contributed by atoms with van der Waals surface area (Å²) in [6.07, 6.45) is 1.39. The van der Waals surface area contributed by atoms with E-state index >= 15 is 0 Å². The number of ether oxygens (including phenoxy) is 1. The zero-order valence-corrected chi connectivity index (χ0v) is 12.1. The molecule has 108 valence electrons. The summed E-state index contributed by atoms with van der Waals surface area (Å²) in [5.74, 6) is 0.0336. The fourth-order valence-electron chi connectivity index (χ4n) is 2.07. The van der Waals surface area contributed by atoms with Crippen molar-refractivity contribution >= 4 is 11.6 Å². The van der Waals surface area contributed by atoms with Crippen molar-refractivity contribution in [1.82, 2.24) is 9.78 Å². The highest BCUT2D eigenvalue weighted by Crippen LogP contribution is 2.33. The Hall–Kier alpha value is -1.59. The minimum Gasteiger partial charge on any atom is -0.493 e. The Labute approximate surface area is 121 Å². The second-order valence-corrected chi connectivity index (χ2v) is 4.80. The number of rotatable bonds is 5. The Morgan fingerprint density at radius 3 is 2.85 bits per heavy atom. The average molecular weight is 299 g/mol. The Morgan fingerprint density at radius 2 is 2.25 bits per heavy atom. The van der Waals surface area contributed by atoms with E-state index in [2.05, 4.69) is 5.10 Å². The molecule has 0 saturated carbocycles. The zero-order valence-electron chi connectivity index (χ0n) is 11.3. The van der Waals surface area contributed by atoms with Gasteiger partial charge in [-0.2, -0.15) is 5.10 Å². The topological polar surface area (TPSA) is 47.3 Å². The lowest BCUT2D eigenvalue weighted by Gasteiger charge is -2.16. The van der Waals surface area contributed by atoms with Crippen LogP contribution in [-0.4, -0.2) is 22.0 Å². The van der Waals surface area contributed by atoms with Crippen molar-refractivity contribution < 1.29 is 14.2 Å². The fraction of sp³-hybridized carbons (Fsp3) is 0.357. The molecule has 0 aliphatic heterocycles. The van der Waals surface area contributed by atoms with Gasteiger partial charge in [0.2, 0.25) is 0 Å². The first kappa shape index (κ1) is 14.8. The van der Waals surface area contributed by atoms with E-state index in [0.717, 1.165) is 6.42 Å². The van der Waals surface area contributed by atoms with Gasteiger partial charge in [0.05, 0.1) is 13.3 Å². The molecule has 1 N–H and O–H groups in total. The van der Waals surface area contributed by atoms with Gasteiger partial charge in [-0.15, -0.1) is 0 Å². The minimum absolute atomic E-state index is 0.170. The number of aromatic nitrogens is 2. The fourth-order valence-corrected chi connectivity index (χ4v) is 2.34. The number of aliphatic hydroxyl groups is 1. The van der Waals surface area contributed by atoms with Gasteiger partial charge in [-0.3, -0.25) is 4.68 Å². The molecule has 0 radical (unpaired) electrons. The summed E-state index contributed by atoms with van der Waals surface area (Å²) in [4.78, 5) is 0. The molecule has 1 aromatic heterocycles. The van der Waals surface area contributed by atoms with E-state index in [1.54, 1.807) is 10.9 Å². The van der Waals surface area contributed by atoms with Gasteiger partial charge in [-0.05, 0) is 18.6 Å². The van der Waals surface area contributed by atoms with Crippen LogP contribution >= 0.6 is 11.6 Å². The molecule has 1 aromatic carbocycles. The maximum atomic E-state index is 13.1. The lowest BCUT2D eigenvalue weighted by molar-refractivity contribution is 0.202. The standard InChI is InChI=1S/C14H16ClFN2O2/c1-3-6-18-13(12(20-2)8-17-18)14(19)10-5-4-9(16)7-11(10)15/h4-5,7-8,14,19H,3,6H2,1-2H3. The molecule has 2 aromatic rings. The first-order valence-corrected chi connectivity index (χ1v) is 6.69. The van der Waals surface area contributed by atoms with Gasteiger partial charge in [0.15, 0.2) is 5.75 Å². The number of nitrogens with zero attached hydrogens (tertiary/aromatic N) is 2. The summed E-state index contributed by atoms with van der Waals surface area (Å²) in [5.41, 5.74) is 0.937. The van der Waals surface area contributed by atoms with Crippen LogP contribution in [0.3, 0.4) is 0 Å². The van der Waals surface area contributed by atoms with Crippen molar-refractivity contribution in [2.45, 2.75) is 26.0 Å². The van der Waals surface area contributed by atoms with Crippen LogP contribution in [0.15, 0.2) is 24.4 Å². The molecule has 6 heteroatoms.